The Bertz CT molecular complexity index is 2060. The van der Waals surface area contributed by atoms with Crippen LogP contribution in [-0.2, 0) is 16.0 Å². The number of piperidine rings is 1. The van der Waals surface area contributed by atoms with Crippen LogP contribution in [0.4, 0.5) is 5.69 Å². The largest absolute Gasteiger partial charge is 0.349 e. The van der Waals surface area contributed by atoms with E-state index in [-0.39, 0.29) is 42.1 Å². The number of carbonyl (C=O) groups excluding carboxylic acids is 3. The van der Waals surface area contributed by atoms with Crippen molar-refractivity contribution in [2.75, 3.05) is 25.0 Å². The van der Waals surface area contributed by atoms with Crippen molar-refractivity contribution in [3.8, 4) is 22.5 Å². The van der Waals surface area contributed by atoms with E-state index < -0.39 is 6.04 Å². The van der Waals surface area contributed by atoms with Crippen LogP contribution in [0, 0.1) is 18.8 Å². The summed E-state index contributed by atoms with van der Waals surface area (Å²) >= 11 is 0. The van der Waals surface area contributed by atoms with Gasteiger partial charge in [0, 0.05) is 47.6 Å². The Hall–Kier alpha value is -5.10. The molecule has 54 heavy (non-hydrogen) atoms. The molecule has 7 rings (SSSR count). The van der Waals surface area contributed by atoms with Crippen LogP contribution < -0.4 is 27.0 Å². The van der Waals surface area contributed by atoms with Gasteiger partial charge in [-0.25, -0.2) is 4.98 Å². The predicted octanol–water partition coefficient (Wildman–Crippen LogP) is 5.94. The molecule has 7 N–H and O–H groups in total. The van der Waals surface area contributed by atoms with E-state index in [1.165, 1.54) is 0 Å². The Kier molecular flexibility index (Phi) is 12.7. The quantitative estimate of drug-likeness (QED) is 0.0973. The lowest BCUT2D eigenvalue weighted by atomic mass is 9.81. The average molecular weight is 749 g/mol. The highest BCUT2D eigenvalue weighted by molar-refractivity contribution is 5.99. The van der Waals surface area contributed by atoms with Crippen molar-refractivity contribution >= 4 is 46.8 Å². The van der Waals surface area contributed by atoms with E-state index in [1.807, 2.05) is 79.7 Å². The minimum atomic E-state index is -0.788. The van der Waals surface area contributed by atoms with E-state index in [0.29, 0.717) is 36.0 Å². The molecular weight excluding hydrogens is 700 g/mol. The second kappa shape index (κ2) is 17.8. The number of anilines is 1. The topological polar surface area (TPSA) is 167 Å². The summed E-state index contributed by atoms with van der Waals surface area (Å²) in [5.74, 6) is 0.568. The highest BCUT2D eigenvalue weighted by Crippen LogP contribution is 2.29. The zero-order valence-corrected chi connectivity index (χ0v) is 31.4. The molecule has 11 nitrogen and oxygen atoms in total. The van der Waals surface area contributed by atoms with Crippen LogP contribution in [0.3, 0.4) is 0 Å². The lowest BCUT2D eigenvalue weighted by molar-refractivity contribution is -0.130. The number of halogens is 1. The molecule has 2 aliphatic rings. The summed E-state index contributed by atoms with van der Waals surface area (Å²) in [5, 5.41) is 12.6. The first kappa shape index (κ1) is 38.6. The maximum Gasteiger partial charge on any atom is 0.251 e. The number of imidazole rings is 1. The zero-order valence-electron chi connectivity index (χ0n) is 30.6. The van der Waals surface area contributed by atoms with Gasteiger partial charge >= 0.3 is 0 Å². The molecule has 0 radical (unpaired) electrons. The van der Waals surface area contributed by atoms with Gasteiger partial charge < -0.3 is 32.0 Å². The predicted molar refractivity (Wildman–Crippen MR) is 215 cm³/mol. The molecular formula is C42H49ClN8O3. The third-order valence-corrected chi connectivity index (χ3v) is 10.7. The monoisotopic (exact) mass is 748 g/mol. The number of aryl methyl sites for hydroxylation is 1. The van der Waals surface area contributed by atoms with Crippen molar-refractivity contribution in [3.05, 3.63) is 102 Å². The standard InChI is InChI=1S/C42H48N8O3.ClH/c1-26-21-31(41(52)46-33-16-19-44-20-17-33)12-14-35(26)29-8-4-27(5-9-29)22-38(50-40(51)30-10-6-28(24-43)7-11-30)42(53)47-34-13-15-36-37(23-34)49-39(48-36)32-3-2-18-45-25-32;/h2-5,8-9,12-15,18,21,23,25,28,30,33,38,44H,6-7,10-11,16-17,19-20,22,24,43H2,1H3,(H,46,52)(H,47,53)(H,48,49)(H,50,51);1H/t28-,30-,38-;/m0./s1. The van der Waals surface area contributed by atoms with Crippen LogP contribution in [0.2, 0.25) is 0 Å². The number of pyridine rings is 1. The maximum absolute atomic E-state index is 13.9. The van der Waals surface area contributed by atoms with Gasteiger partial charge in [-0.15, -0.1) is 12.4 Å². The van der Waals surface area contributed by atoms with Crippen molar-refractivity contribution in [2.24, 2.45) is 17.6 Å². The first-order valence-corrected chi connectivity index (χ1v) is 18.8. The van der Waals surface area contributed by atoms with Gasteiger partial charge in [-0.05, 0) is 136 Å². The number of benzene rings is 3. The van der Waals surface area contributed by atoms with Gasteiger partial charge in [0.2, 0.25) is 11.8 Å². The number of hydrogen-bond acceptors (Lipinski definition) is 7. The number of fused-ring (bicyclic) bond motifs is 1. The highest BCUT2D eigenvalue weighted by Gasteiger charge is 2.29. The summed E-state index contributed by atoms with van der Waals surface area (Å²) in [6.07, 6.45) is 9.03. The summed E-state index contributed by atoms with van der Waals surface area (Å²) in [7, 11) is 0. The normalized spacial score (nSPS) is 18.0. The van der Waals surface area contributed by atoms with Crippen LogP contribution in [0.5, 0.6) is 0 Å². The number of rotatable bonds is 11. The molecule has 2 aromatic heterocycles. The lowest BCUT2D eigenvalue weighted by Crippen LogP contribution is -2.48. The van der Waals surface area contributed by atoms with Gasteiger partial charge in [-0.3, -0.25) is 19.4 Å². The number of carbonyl (C=O) groups is 3. The second-order valence-electron chi connectivity index (χ2n) is 14.5. The molecule has 282 valence electrons. The van der Waals surface area contributed by atoms with Crippen LogP contribution in [0.15, 0.2) is 85.2 Å². The van der Waals surface area contributed by atoms with Crippen molar-refractivity contribution in [1.29, 1.82) is 0 Å². The maximum atomic E-state index is 13.9. The average Bonchev–Trinajstić information content (AvgIpc) is 3.62. The third kappa shape index (κ3) is 9.33. The van der Waals surface area contributed by atoms with Crippen molar-refractivity contribution in [2.45, 2.75) is 64.0 Å². The number of H-pyrrole nitrogens is 1. The first-order chi connectivity index (χ1) is 25.8. The van der Waals surface area contributed by atoms with Crippen molar-refractivity contribution in [1.82, 2.24) is 30.9 Å². The van der Waals surface area contributed by atoms with Gasteiger partial charge in [-0.1, -0.05) is 30.3 Å². The SMILES string of the molecule is Cc1cc(C(=O)NC2CCNCC2)ccc1-c1ccc(C[C@H](NC(=O)[C@H]2CC[C@H](CN)CC2)C(=O)Nc2ccc3nc(-c4cccnc4)[nH]c3c2)cc1.Cl. The van der Waals surface area contributed by atoms with E-state index in [2.05, 4.69) is 36.2 Å². The summed E-state index contributed by atoms with van der Waals surface area (Å²) < 4.78 is 0. The number of aromatic nitrogens is 3. The Morgan fingerprint density at radius 3 is 2.39 bits per heavy atom. The van der Waals surface area contributed by atoms with E-state index in [1.54, 1.807) is 12.4 Å². The zero-order chi connectivity index (χ0) is 36.7. The minimum absolute atomic E-state index is 0. The first-order valence-electron chi connectivity index (χ1n) is 18.8. The lowest BCUT2D eigenvalue weighted by Gasteiger charge is -2.28. The molecule has 3 heterocycles. The summed E-state index contributed by atoms with van der Waals surface area (Å²) in [6, 6.07) is 22.6. The Morgan fingerprint density at radius 1 is 0.907 bits per heavy atom. The Labute approximate surface area is 322 Å². The molecule has 12 heteroatoms. The van der Waals surface area contributed by atoms with Crippen molar-refractivity contribution in [3.63, 3.8) is 0 Å². The molecule has 1 atom stereocenters. The van der Waals surface area contributed by atoms with E-state index in [4.69, 9.17) is 5.73 Å². The van der Waals surface area contributed by atoms with E-state index in [0.717, 1.165) is 90.5 Å². The number of nitrogens with two attached hydrogens (primary N) is 1. The van der Waals surface area contributed by atoms with Crippen LogP contribution in [-0.4, -0.2) is 64.4 Å². The van der Waals surface area contributed by atoms with Crippen LogP contribution in [0.1, 0.15) is 60.0 Å². The molecule has 5 aromatic rings. The number of nitrogens with one attached hydrogen (secondary N) is 5. The summed E-state index contributed by atoms with van der Waals surface area (Å²) in [6.45, 7) is 4.49. The van der Waals surface area contributed by atoms with Gasteiger partial charge in [0.15, 0.2) is 0 Å². The van der Waals surface area contributed by atoms with Gasteiger partial charge in [0.1, 0.15) is 11.9 Å². The molecule has 0 spiro atoms. The summed E-state index contributed by atoms with van der Waals surface area (Å²) in [5.41, 5.74) is 13.5. The molecule has 3 amide bonds. The fourth-order valence-electron chi connectivity index (χ4n) is 7.54. The van der Waals surface area contributed by atoms with Crippen molar-refractivity contribution < 1.29 is 14.4 Å². The smallest absolute Gasteiger partial charge is 0.251 e. The number of nitrogens with zero attached hydrogens (tertiary/aromatic N) is 2. The second-order valence-corrected chi connectivity index (χ2v) is 14.5. The van der Waals surface area contributed by atoms with Gasteiger partial charge in [0.05, 0.1) is 11.0 Å². The Balaban J connectivity index is 0.00000497. The molecule has 1 saturated carbocycles. The fourth-order valence-corrected chi connectivity index (χ4v) is 7.54. The highest BCUT2D eigenvalue weighted by atomic mass is 35.5. The molecule has 1 aliphatic carbocycles. The van der Waals surface area contributed by atoms with Crippen LogP contribution in [0.25, 0.3) is 33.5 Å². The number of aromatic amines is 1. The van der Waals surface area contributed by atoms with E-state index >= 15 is 0 Å². The fraction of sp³-hybridized carbons (Fsp3) is 0.357. The molecule has 2 fully saturated rings. The van der Waals surface area contributed by atoms with Gasteiger partial charge in [0.25, 0.3) is 5.91 Å². The molecule has 0 bridgehead atoms. The van der Waals surface area contributed by atoms with E-state index in [9.17, 15) is 14.4 Å². The van der Waals surface area contributed by atoms with Gasteiger partial charge in [-0.2, -0.15) is 0 Å². The summed E-state index contributed by atoms with van der Waals surface area (Å²) in [4.78, 5) is 52.6. The van der Waals surface area contributed by atoms with Crippen LogP contribution >= 0.6 is 12.4 Å². The number of amides is 3. The minimum Gasteiger partial charge on any atom is -0.349 e. The molecule has 1 saturated heterocycles. The molecule has 3 aromatic carbocycles. The third-order valence-electron chi connectivity index (χ3n) is 10.7. The number of hydrogen-bond donors (Lipinski definition) is 6. The molecule has 1 aliphatic heterocycles. The molecule has 0 unspecified atom stereocenters. The Morgan fingerprint density at radius 2 is 1.69 bits per heavy atom.